The summed E-state index contributed by atoms with van der Waals surface area (Å²) in [6, 6.07) is 4.83. The van der Waals surface area contributed by atoms with Gasteiger partial charge in [0.25, 0.3) is 5.91 Å². The number of nitrogens with one attached hydrogen (secondary N) is 2. The highest BCUT2D eigenvalue weighted by atomic mass is 32.2. The van der Waals surface area contributed by atoms with E-state index < -0.39 is 28.7 Å². The topological polar surface area (TPSA) is 108 Å². The predicted octanol–water partition coefficient (Wildman–Crippen LogP) is 1.97. The number of aromatic amines is 1. The Hall–Kier alpha value is -2.47. The third kappa shape index (κ3) is 5.12. The molecule has 2 heterocycles. The maximum Gasteiger partial charge on any atom is 0.405 e. The fourth-order valence-electron chi connectivity index (χ4n) is 3.12. The summed E-state index contributed by atoms with van der Waals surface area (Å²) in [5, 5.41) is 8.61. The van der Waals surface area contributed by atoms with Crippen molar-refractivity contribution in [3.63, 3.8) is 0 Å². The van der Waals surface area contributed by atoms with Crippen LogP contribution in [-0.4, -0.2) is 59.6 Å². The molecule has 1 fully saturated rings. The minimum atomic E-state index is -4.52. The molecule has 1 amide bonds. The lowest BCUT2D eigenvalue weighted by Gasteiger charge is -2.30. The van der Waals surface area contributed by atoms with Crippen molar-refractivity contribution in [3.8, 4) is 0 Å². The summed E-state index contributed by atoms with van der Waals surface area (Å²) in [5.41, 5.74) is -0.0547. The summed E-state index contributed by atoms with van der Waals surface area (Å²) in [7, 11) is -3.82. The quantitative estimate of drug-likeness (QED) is 0.753. The molecule has 8 nitrogen and oxygen atoms in total. The smallest absolute Gasteiger partial charge is 0.343 e. The van der Waals surface area contributed by atoms with Crippen molar-refractivity contribution in [3.05, 3.63) is 41.5 Å². The zero-order chi connectivity index (χ0) is 21.2. The van der Waals surface area contributed by atoms with Crippen LogP contribution in [0.1, 0.15) is 40.8 Å². The molecule has 0 saturated carbocycles. The molecular weight excluding hydrogens is 411 g/mol. The second kappa shape index (κ2) is 8.11. The molecule has 2 aromatic rings. The van der Waals surface area contributed by atoms with Crippen molar-refractivity contribution >= 4 is 15.9 Å². The predicted molar refractivity (Wildman–Crippen MR) is 96.7 cm³/mol. The fraction of sp³-hybridized carbons (Fsp3) is 0.471. The number of hydrogen-bond acceptors (Lipinski definition) is 5. The summed E-state index contributed by atoms with van der Waals surface area (Å²) >= 11 is 0. The van der Waals surface area contributed by atoms with Crippen molar-refractivity contribution in [1.82, 2.24) is 24.8 Å². The van der Waals surface area contributed by atoms with E-state index in [1.165, 1.54) is 28.6 Å². The Morgan fingerprint density at radius 1 is 1.31 bits per heavy atom. The van der Waals surface area contributed by atoms with Gasteiger partial charge in [-0.25, -0.2) is 13.4 Å². The normalized spacial score (nSPS) is 18.6. The summed E-state index contributed by atoms with van der Waals surface area (Å²) < 4.78 is 63.8. The first-order valence-electron chi connectivity index (χ1n) is 8.90. The van der Waals surface area contributed by atoms with E-state index >= 15 is 0 Å². The van der Waals surface area contributed by atoms with E-state index in [2.05, 4.69) is 15.2 Å². The van der Waals surface area contributed by atoms with Crippen molar-refractivity contribution in [2.24, 2.45) is 0 Å². The molecule has 1 aliphatic rings. The van der Waals surface area contributed by atoms with E-state index in [4.69, 9.17) is 0 Å². The number of carbonyl (C=O) groups excluding carboxylic acids is 1. The maximum atomic E-state index is 12.9. The van der Waals surface area contributed by atoms with Crippen LogP contribution in [0.5, 0.6) is 0 Å². The van der Waals surface area contributed by atoms with Gasteiger partial charge in [-0.05, 0) is 44.0 Å². The van der Waals surface area contributed by atoms with E-state index in [1.807, 2.05) is 0 Å². The number of halogens is 3. The summed E-state index contributed by atoms with van der Waals surface area (Å²) in [5.74, 6) is 0.165. The number of carbonyl (C=O) groups is 1. The average Bonchev–Trinajstić information content (AvgIpc) is 3.12. The minimum Gasteiger partial charge on any atom is -0.343 e. The number of amides is 1. The van der Waals surface area contributed by atoms with Gasteiger partial charge in [-0.15, -0.1) is 0 Å². The molecule has 1 aliphatic heterocycles. The maximum absolute atomic E-state index is 12.9. The van der Waals surface area contributed by atoms with Crippen molar-refractivity contribution in [2.75, 3.05) is 19.6 Å². The Morgan fingerprint density at radius 3 is 2.59 bits per heavy atom. The Balaban J connectivity index is 1.71. The molecule has 1 saturated heterocycles. The SMILES string of the molecule is Cc1nc([C@@H]2CCCN(S(=O)(=O)c3ccc(C(=O)NCC(F)(F)F)cc3)C2)n[nH]1. The van der Waals surface area contributed by atoms with E-state index in [9.17, 15) is 26.4 Å². The molecule has 0 unspecified atom stereocenters. The Morgan fingerprint density at radius 2 is 2.00 bits per heavy atom. The zero-order valence-electron chi connectivity index (χ0n) is 15.5. The van der Waals surface area contributed by atoms with Gasteiger partial charge in [-0.2, -0.15) is 22.6 Å². The Bertz CT molecular complexity index is 973. The van der Waals surface area contributed by atoms with E-state index in [1.54, 1.807) is 12.2 Å². The number of rotatable bonds is 5. The number of H-pyrrole nitrogens is 1. The van der Waals surface area contributed by atoms with Gasteiger partial charge in [0.2, 0.25) is 10.0 Å². The van der Waals surface area contributed by atoms with Crippen LogP contribution in [0.3, 0.4) is 0 Å². The molecule has 12 heteroatoms. The van der Waals surface area contributed by atoms with Crippen LogP contribution in [0.2, 0.25) is 0 Å². The van der Waals surface area contributed by atoms with Crippen LogP contribution in [0, 0.1) is 6.92 Å². The van der Waals surface area contributed by atoms with E-state index in [-0.39, 0.29) is 22.9 Å². The number of nitrogens with zero attached hydrogens (tertiary/aromatic N) is 3. The largest absolute Gasteiger partial charge is 0.405 e. The molecule has 158 valence electrons. The molecule has 1 aromatic carbocycles. The van der Waals surface area contributed by atoms with Crippen LogP contribution in [0.15, 0.2) is 29.2 Å². The van der Waals surface area contributed by atoms with Gasteiger partial charge in [0.15, 0.2) is 5.82 Å². The summed E-state index contributed by atoms with van der Waals surface area (Å²) in [6.45, 7) is 0.880. The molecule has 3 rings (SSSR count). The van der Waals surface area contributed by atoms with Crippen molar-refractivity contribution in [1.29, 1.82) is 0 Å². The van der Waals surface area contributed by atoms with Crippen LogP contribution in [0.25, 0.3) is 0 Å². The van der Waals surface area contributed by atoms with Crippen LogP contribution in [-0.2, 0) is 10.0 Å². The molecule has 1 aromatic heterocycles. The molecule has 0 spiro atoms. The molecular formula is C17H20F3N5O3S. The first kappa shape index (κ1) is 21.2. The van der Waals surface area contributed by atoms with Crippen molar-refractivity contribution in [2.45, 2.75) is 36.8 Å². The number of sulfonamides is 1. The molecule has 2 N–H and O–H groups in total. The monoisotopic (exact) mass is 431 g/mol. The van der Waals surface area contributed by atoms with Crippen LogP contribution >= 0.6 is 0 Å². The molecule has 0 aliphatic carbocycles. The highest BCUT2D eigenvalue weighted by Gasteiger charge is 2.33. The molecule has 0 bridgehead atoms. The number of aryl methyl sites for hydroxylation is 1. The van der Waals surface area contributed by atoms with Gasteiger partial charge in [0.05, 0.1) is 4.90 Å². The van der Waals surface area contributed by atoms with E-state index in [0.29, 0.717) is 24.6 Å². The van der Waals surface area contributed by atoms with E-state index in [0.717, 1.165) is 6.42 Å². The summed E-state index contributed by atoms with van der Waals surface area (Å²) in [6.07, 6.45) is -3.11. The average molecular weight is 431 g/mol. The van der Waals surface area contributed by atoms with Crippen molar-refractivity contribution < 1.29 is 26.4 Å². The fourth-order valence-corrected chi connectivity index (χ4v) is 4.65. The Kier molecular flexibility index (Phi) is 5.94. The second-order valence-electron chi connectivity index (χ2n) is 6.80. The zero-order valence-corrected chi connectivity index (χ0v) is 16.3. The number of alkyl halides is 3. The molecule has 29 heavy (non-hydrogen) atoms. The van der Waals surface area contributed by atoms with Gasteiger partial charge in [-0.1, -0.05) is 0 Å². The minimum absolute atomic E-state index is 0.0308. The lowest BCUT2D eigenvalue weighted by molar-refractivity contribution is -0.123. The standard InChI is InChI=1S/C17H20F3N5O3S/c1-11-22-15(24-23-11)13-3-2-8-25(9-13)29(27,28)14-6-4-12(5-7-14)16(26)21-10-17(18,19)20/h4-7,13H,2-3,8-10H2,1H3,(H,21,26)(H,22,23,24)/t13-/m1/s1. The number of piperidine rings is 1. The summed E-state index contributed by atoms with van der Waals surface area (Å²) in [4.78, 5) is 16.0. The third-order valence-electron chi connectivity index (χ3n) is 4.57. The van der Waals surface area contributed by atoms with Crippen LogP contribution in [0.4, 0.5) is 13.2 Å². The number of aromatic nitrogens is 3. The highest BCUT2D eigenvalue weighted by Crippen LogP contribution is 2.28. The van der Waals surface area contributed by atoms with Gasteiger partial charge in [0, 0.05) is 24.6 Å². The molecule has 0 radical (unpaired) electrons. The van der Waals surface area contributed by atoms with Gasteiger partial charge in [0.1, 0.15) is 12.4 Å². The number of benzene rings is 1. The first-order chi connectivity index (χ1) is 13.6. The van der Waals surface area contributed by atoms with Crippen LogP contribution < -0.4 is 5.32 Å². The Labute approximate surface area is 165 Å². The lowest BCUT2D eigenvalue weighted by atomic mass is 9.99. The lowest BCUT2D eigenvalue weighted by Crippen LogP contribution is -2.39. The van der Waals surface area contributed by atoms with Gasteiger partial charge in [-0.3, -0.25) is 9.89 Å². The third-order valence-corrected chi connectivity index (χ3v) is 6.45. The highest BCUT2D eigenvalue weighted by molar-refractivity contribution is 7.89. The number of hydrogen-bond donors (Lipinski definition) is 2. The molecule has 1 atom stereocenters. The second-order valence-corrected chi connectivity index (χ2v) is 8.74. The van der Waals surface area contributed by atoms with Gasteiger partial charge >= 0.3 is 6.18 Å². The van der Waals surface area contributed by atoms with Gasteiger partial charge < -0.3 is 5.32 Å². The first-order valence-corrected chi connectivity index (χ1v) is 10.3.